The SMILES string of the molecule is COc1ccc(CNCCC(C)(C)C)cc1C. The predicted octanol–water partition coefficient (Wildman–Crippen LogP) is 3.53. The zero-order valence-corrected chi connectivity index (χ0v) is 11.8. The van der Waals surface area contributed by atoms with Crippen molar-refractivity contribution in [1.82, 2.24) is 5.32 Å². The van der Waals surface area contributed by atoms with E-state index < -0.39 is 0 Å². The van der Waals surface area contributed by atoms with E-state index in [1.54, 1.807) is 7.11 Å². The smallest absolute Gasteiger partial charge is 0.121 e. The minimum absolute atomic E-state index is 0.406. The average molecular weight is 235 g/mol. The Kier molecular flexibility index (Phi) is 5.01. The second-order valence-electron chi connectivity index (χ2n) is 5.79. The largest absolute Gasteiger partial charge is 0.496 e. The summed E-state index contributed by atoms with van der Waals surface area (Å²) in [5.41, 5.74) is 2.92. The summed E-state index contributed by atoms with van der Waals surface area (Å²) in [6.07, 6.45) is 1.20. The lowest BCUT2D eigenvalue weighted by molar-refractivity contribution is 0.366. The zero-order chi connectivity index (χ0) is 12.9. The van der Waals surface area contributed by atoms with E-state index in [0.29, 0.717) is 5.41 Å². The third-order valence-electron chi connectivity index (χ3n) is 2.84. The van der Waals surface area contributed by atoms with E-state index >= 15 is 0 Å². The number of hydrogen-bond donors (Lipinski definition) is 1. The highest BCUT2D eigenvalue weighted by molar-refractivity contribution is 5.36. The molecule has 0 saturated carbocycles. The average Bonchev–Trinajstić information content (AvgIpc) is 2.23. The summed E-state index contributed by atoms with van der Waals surface area (Å²) in [6, 6.07) is 6.34. The second kappa shape index (κ2) is 6.06. The maximum Gasteiger partial charge on any atom is 0.121 e. The molecular formula is C15H25NO. The standard InChI is InChI=1S/C15H25NO/c1-12-10-13(6-7-14(12)17-5)11-16-9-8-15(2,3)4/h6-7,10,16H,8-9,11H2,1-5H3. The summed E-state index contributed by atoms with van der Waals surface area (Å²) < 4.78 is 5.25. The van der Waals surface area contributed by atoms with Crippen LogP contribution in [0, 0.1) is 12.3 Å². The Morgan fingerprint density at radius 3 is 2.47 bits per heavy atom. The Balaban J connectivity index is 2.40. The molecule has 0 aliphatic heterocycles. The first-order valence-corrected chi connectivity index (χ1v) is 6.26. The highest BCUT2D eigenvalue weighted by atomic mass is 16.5. The van der Waals surface area contributed by atoms with E-state index in [0.717, 1.165) is 18.8 Å². The molecule has 0 atom stereocenters. The molecule has 0 amide bonds. The second-order valence-corrected chi connectivity index (χ2v) is 5.79. The van der Waals surface area contributed by atoms with E-state index in [1.165, 1.54) is 17.5 Å². The van der Waals surface area contributed by atoms with Crippen LogP contribution in [0.15, 0.2) is 18.2 Å². The van der Waals surface area contributed by atoms with Crippen molar-refractivity contribution in [2.24, 2.45) is 5.41 Å². The predicted molar refractivity (Wildman–Crippen MR) is 73.5 cm³/mol. The van der Waals surface area contributed by atoms with Gasteiger partial charge in [0.2, 0.25) is 0 Å². The molecule has 2 heteroatoms. The molecule has 0 heterocycles. The number of nitrogens with one attached hydrogen (secondary N) is 1. The van der Waals surface area contributed by atoms with Gasteiger partial charge in [0.25, 0.3) is 0 Å². The fourth-order valence-electron chi connectivity index (χ4n) is 1.75. The summed E-state index contributed by atoms with van der Waals surface area (Å²) in [4.78, 5) is 0. The van der Waals surface area contributed by atoms with Crippen molar-refractivity contribution < 1.29 is 4.74 Å². The van der Waals surface area contributed by atoms with Gasteiger partial charge in [0.1, 0.15) is 5.75 Å². The molecule has 0 bridgehead atoms. The van der Waals surface area contributed by atoms with Gasteiger partial charge < -0.3 is 10.1 Å². The van der Waals surface area contributed by atoms with Gasteiger partial charge in [-0.1, -0.05) is 32.9 Å². The van der Waals surface area contributed by atoms with Gasteiger partial charge in [-0.3, -0.25) is 0 Å². The highest BCUT2D eigenvalue weighted by Crippen LogP contribution is 2.19. The van der Waals surface area contributed by atoms with Crippen LogP contribution in [0.2, 0.25) is 0 Å². The van der Waals surface area contributed by atoms with Crippen LogP contribution in [0.25, 0.3) is 0 Å². The minimum atomic E-state index is 0.406. The van der Waals surface area contributed by atoms with Crippen molar-refractivity contribution in [3.05, 3.63) is 29.3 Å². The van der Waals surface area contributed by atoms with E-state index in [9.17, 15) is 0 Å². The topological polar surface area (TPSA) is 21.3 Å². The van der Waals surface area contributed by atoms with Crippen LogP contribution in [0.5, 0.6) is 5.75 Å². The van der Waals surface area contributed by atoms with Crippen LogP contribution in [0.4, 0.5) is 0 Å². The fraction of sp³-hybridized carbons (Fsp3) is 0.600. The summed E-state index contributed by atoms with van der Waals surface area (Å²) in [5.74, 6) is 0.962. The van der Waals surface area contributed by atoms with Crippen molar-refractivity contribution in [1.29, 1.82) is 0 Å². The lowest BCUT2D eigenvalue weighted by Gasteiger charge is -2.18. The number of rotatable bonds is 5. The molecule has 1 rings (SSSR count). The van der Waals surface area contributed by atoms with E-state index in [4.69, 9.17) is 4.74 Å². The van der Waals surface area contributed by atoms with Crippen LogP contribution in [-0.4, -0.2) is 13.7 Å². The number of aryl methyl sites for hydroxylation is 1. The third-order valence-corrected chi connectivity index (χ3v) is 2.84. The van der Waals surface area contributed by atoms with E-state index in [2.05, 4.69) is 45.1 Å². The van der Waals surface area contributed by atoms with Gasteiger partial charge in [0.15, 0.2) is 0 Å². The molecule has 0 saturated heterocycles. The number of ether oxygens (including phenoxy) is 1. The Morgan fingerprint density at radius 1 is 1.24 bits per heavy atom. The molecule has 1 aromatic carbocycles. The molecule has 0 aliphatic carbocycles. The van der Waals surface area contributed by atoms with Crippen LogP contribution >= 0.6 is 0 Å². The lowest BCUT2D eigenvalue weighted by atomic mass is 9.92. The first kappa shape index (κ1) is 14.0. The van der Waals surface area contributed by atoms with E-state index in [1.807, 2.05) is 6.07 Å². The Morgan fingerprint density at radius 2 is 1.94 bits per heavy atom. The normalized spacial score (nSPS) is 11.6. The summed E-state index contributed by atoms with van der Waals surface area (Å²) in [6.45, 7) is 10.9. The molecule has 0 aliphatic rings. The maximum absolute atomic E-state index is 5.25. The highest BCUT2D eigenvalue weighted by Gasteiger charge is 2.08. The van der Waals surface area contributed by atoms with Crippen LogP contribution in [0.1, 0.15) is 38.3 Å². The van der Waals surface area contributed by atoms with Crippen molar-refractivity contribution in [2.45, 2.75) is 40.7 Å². The van der Waals surface area contributed by atoms with Crippen molar-refractivity contribution in [3.8, 4) is 5.75 Å². The molecule has 0 unspecified atom stereocenters. The monoisotopic (exact) mass is 235 g/mol. The zero-order valence-electron chi connectivity index (χ0n) is 11.8. The summed E-state index contributed by atoms with van der Waals surface area (Å²) in [5, 5.41) is 3.48. The lowest BCUT2D eigenvalue weighted by Crippen LogP contribution is -2.20. The van der Waals surface area contributed by atoms with Gasteiger partial charge in [-0.2, -0.15) is 0 Å². The molecule has 0 fully saturated rings. The maximum atomic E-state index is 5.25. The first-order valence-electron chi connectivity index (χ1n) is 6.26. The van der Waals surface area contributed by atoms with Crippen molar-refractivity contribution in [2.75, 3.05) is 13.7 Å². The van der Waals surface area contributed by atoms with Crippen LogP contribution in [-0.2, 0) is 6.54 Å². The Hall–Kier alpha value is -1.02. The van der Waals surface area contributed by atoms with Gasteiger partial charge in [0, 0.05) is 6.54 Å². The molecule has 1 N–H and O–H groups in total. The quantitative estimate of drug-likeness (QED) is 0.788. The van der Waals surface area contributed by atoms with Crippen molar-refractivity contribution >= 4 is 0 Å². The minimum Gasteiger partial charge on any atom is -0.496 e. The van der Waals surface area contributed by atoms with Gasteiger partial charge >= 0.3 is 0 Å². The molecule has 0 aromatic heterocycles. The van der Waals surface area contributed by atoms with Crippen LogP contribution in [0.3, 0.4) is 0 Å². The molecule has 96 valence electrons. The molecule has 2 nitrogen and oxygen atoms in total. The van der Waals surface area contributed by atoms with Gasteiger partial charge in [-0.05, 0) is 42.5 Å². The number of benzene rings is 1. The molecule has 0 spiro atoms. The van der Waals surface area contributed by atoms with Crippen LogP contribution < -0.4 is 10.1 Å². The summed E-state index contributed by atoms with van der Waals surface area (Å²) in [7, 11) is 1.71. The van der Waals surface area contributed by atoms with Gasteiger partial charge in [-0.25, -0.2) is 0 Å². The van der Waals surface area contributed by atoms with Gasteiger partial charge in [0.05, 0.1) is 7.11 Å². The van der Waals surface area contributed by atoms with E-state index in [-0.39, 0.29) is 0 Å². The van der Waals surface area contributed by atoms with Gasteiger partial charge in [-0.15, -0.1) is 0 Å². The molecule has 0 radical (unpaired) electrons. The summed E-state index contributed by atoms with van der Waals surface area (Å²) >= 11 is 0. The molecular weight excluding hydrogens is 210 g/mol. The molecule has 17 heavy (non-hydrogen) atoms. The third kappa shape index (κ3) is 5.22. The Bertz CT molecular complexity index is 352. The number of hydrogen-bond acceptors (Lipinski definition) is 2. The molecule has 1 aromatic rings. The fourth-order valence-corrected chi connectivity index (χ4v) is 1.75. The first-order chi connectivity index (χ1) is 7.92. The Labute approximate surface area is 105 Å². The number of methoxy groups -OCH3 is 1. The van der Waals surface area contributed by atoms with Crippen molar-refractivity contribution in [3.63, 3.8) is 0 Å².